The van der Waals surface area contributed by atoms with Crippen molar-refractivity contribution in [2.75, 3.05) is 29.6 Å². The maximum Gasteiger partial charge on any atom is 0.414 e. The molecule has 1 aromatic rings. The molecule has 2 heterocycles. The van der Waals surface area contributed by atoms with Crippen LogP contribution in [-0.2, 0) is 26.1 Å². The quantitative estimate of drug-likeness (QED) is 0.552. The molecule has 150 valence electrons. The van der Waals surface area contributed by atoms with Gasteiger partial charge in [0.05, 0.1) is 24.4 Å². The van der Waals surface area contributed by atoms with Gasteiger partial charge in [0.2, 0.25) is 0 Å². The molecule has 27 heavy (non-hydrogen) atoms. The molecule has 3 rings (SSSR count). The summed E-state index contributed by atoms with van der Waals surface area (Å²) in [7, 11) is -2.62. The van der Waals surface area contributed by atoms with Gasteiger partial charge in [0.15, 0.2) is 5.67 Å². The molecule has 0 radical (unpaired) electrons. The minimum atomic E-state index is -2.62. The van der Waals surface area contributed by atoms with Crippen LogP contribution in [0.15, 0.2) is 12.1 Å². The first-order chi connectivity index (χ1) is 12.7. The Bertz CT molecular complexity index is 696. The average molecular weight is 427 g/mol. The first-order valence-electron chi connectivity index (χ1n) is 8.02. The Hall–Kier alpha value is -1.10. The van der Waals surface area contributed by atoms with E-state index in [4.69, 9.17) is 14.5 Å². The third kappa shape index (κ3) is 4.49. The van der Waals surface area contributed by atoms with Gasteiger partial charge in [-0.2, -0.15) is 0 Å². The topological polar surface area (TPSA) is 102 Å². The summed E-state index contributed by atoms with van der Waals surface area (Å²) in [5.74, 6) is -2.23. The fourth-order valence-electron chi connectivity index (χ4n) is 3.14. The summed E-state index contributed by atoms with van der Waals surface area (Å²) in [5.41, 5.74) is -3.12. The second kappa shape index (κ2) is 8.10. The Kier molecular flexibility index (Phi) is 6.19. The molecule has 1 aromatic carbocycles. The fourth-order valence-corrected chi connectivity index (χ4v) is 4.75. The van der Waals surface area contributed by atoms with Gasteiger partial charge in [-0.1, -0.05) is 11.2 Å². The van der Waals surface area contributed by atoms with E-state index in [0.29, 0.717) is 0 Å². The van der Waals surface area contributed by atoms with Crippen molar-refractivity contribution in [3.05, 3.63) is 29.3 Å². The molecule has 1 unspecified atom stereocenters. The molecular weight excluding hydrogens is 410 g/mol. The van der Waals surface area contributed by atoms with Crippen LogP contribution in [0.3, 0.4) is 0 Å². The van der Waals surface area contributed by atoms with Crippen LogP contribution in [0.25, 0.3) is 0 Å². The molecule has 0 bridgehead atoms. The molecule has 2 saturated heterocycles. The highest BCUT2D eigenvalue weighted by Gasteiger charge is 2.43. The molecule has 2 N–H and O–H groups in total. The van der Waals surface area contributed by atoms with Crippen LogP contribution in [0, 0.1) is 11.6 Å². The van der Waals surface area contributed by atoms with E-state index in [0.717, 1.165) is 17.0 Å². The second-order valence-corrected chi connectivity index (χ2v) is 8.72. The monoisotopic (exact) mass is 427 g/mol. The lowest BCUT2D eigenvalue weighted by Gasteiger charge is -2.31. The molecule has 2 aliphatic heterocycles. The molecule has 0 aromatic heterocycles. The van der Waals surface area contributed by atoms with Gasteiger partial charge in [-0.15, -0.1) is 0 Å². The molecular formula is C15H17F3NO6PS. The van der Waals surface area contributed by atoms with Crippen molar-refractivity contribution in [2.45, 2.75) is 24.6 Å². The number of carbonyl (C=O) groups excluding carboxylic acids is 1. The SMILES string of the molecule is O=C1OC(COP(O)O)CN1c1cc(F)c(C2(F)CC[S+]([O-])CC2)c(F)c1. The van der Waals surface area contributed by atoms with Crippen LogP contribution in [0.1, 0.15) is 18.4 Å². The van der Waals surface area contributed by atoms with Crippen LogP contribution in [0.4, 0.5) is 23.7 Å². The molecule has 7 nitrogen and oxygen atoms in total. The number of nitrogens with zero attached hydrogens (tertiary/aromatic N) is 1. The highest BCUT2D eigenvalue weighted by atomic mass is 32.2. The van der Waals surface area contributed by atoms with Crippen molar-refractivity contribution in [3.63, 3.8) is 0 Å². The van der Waals surface area contributed by atoms with Crippen molar-refractivity contribution in [1.82, 2.24) is 0 Å². The first-order valence-corrected chi connectivity index (χ1v) is 10.7. The van der Waals surface area contributed by atoms with Crippen molar-refractivity contribution in [3.8, 4) is 0 Å². The molecule has 0 aliphatic carbocycles. The zero-order valence-electron chi connectivity index (χ0n) is 13.9. The highest BCUT2D eigenvalue weighted by molar-refractivity contribution is 7.91. The van der Waals surface area contributed by atoms with E-state index in [-0.39, 0.29) is 43.2 Å². The molecule has 0 spiro atoms. The van der Waals surface area contributed by atoms with Crippen LogP contribution in [0.5, 0.6) is 0 Å². The molecule has 12 heteroatoms. The number of halogens is 3. The van der Waals surface area contributed by atoms with E-state index in [1.165, 1.54) is 0 Å². The van der Waals surface area contributed by atoms with Crippen molar-refractivity contribution in [2.24, 2.45) is 0 Å². The Labute approximate surface area is 157 Å². The maximum absolute atomic E-state index is 15.0. The molecule has 2 fully saturated rings. The third-order valence-electron chi connectivity index (χ3n) is 4.49. The number of anilines is 1. The number of ether oxygens (including phenoxy) is 1. The molecule has 1 amide bonds. The summed E-state index contributed by atoms with van der Waals surface area (Å²) in [6.45, 7) is -0.422. The Morgan fingerprint density at radius 3 is 2.48 bits per heavy atom. The Morgan fingerprint density at radius 1 is 1.33 bits per heavy atom. The summed E-state index contributed by atoms with van der Waals surface area (Å²) in [5, 5.41) is 0. The van der Waals surface area contributed by atoms with Crippen LogP contribution >= 0.6 is 8.60 Å². The third-order valence-corrected chi connectivity index (χ3v) is 6.19. The summed E-state index contributed by atoms with van der Waals surface area (Å²) in [6.07, 6.45) is -2.24. The van der Waals surface area contributed by atoms with Crippen molar-refractivity contribution in [1.29, 1.82) is 0 Å². The zero-order chi connectivity index (χ0) is 19.8. The Morgan fingerprint density at radius 2 is 1.93 bits per heavy atom. The lowest BCUT2D eigenvalue weighted by Crippen LogP contribution is -2.35. The zero-order valence-corrected chi connectivity index (χ0v) is 15.6. The van der Waals surface area contributed by atoms with E-state index in [1.807, 2.05) is 0 Å². The summed E-state index contributed by atoms with van der Waals surface area (Å²) in [6, 6.07) is 1.70. The smallest absolute Gasteiger partial charge is 0.414 e. The predicted octanol–water partition coefficient (Wildman–Crippen LogP) is 2.23. The van der Waals surface area contributed by atoms with E-state index in [1.54, 1.807) is 0 Å². The summed E-state index contributed by atoms with van der Waals surface area (Å²) >= 11 is -1.19. The van der Waals surface area contributed by atoms with Gasteiger partial charge >= 0.3 is 14.7 Å². The largest absolute Gasteiger partial charge is 0.616 e. The number of cyclic esters (lactones) is 1. The standard InChI is InChI=1S/C15H17F3NO6PS/c16-11-5-9(19-7-10(25-14(19)20)8-24-26(21)22)6-12(17)13(11)15(18)1-3-27(23)4-2-15/h5-6,10,21-22H,1-4,7-8H2. The van der Waals surface area contributed by atoms with Crippen molar-refractivity contribution < 1.29 is 41.6 Å². The molecule has 0 saturated carbocycles. The highest BCUT2D eigenvalue weighted by Crippen LogP contribution is 2.42. The van der Waals surface area contributed by atoms with Gasteiger partial charge in [0, 0.05) is 12.8 Å². The van der Waals surface area contributed by atoms with E-state index in [2.05, 4.69) is 4.52 Å². The van der Waals surface area contributed by atoms with Gasteiger partial charge in [-0.25, -0.2) is 18.0 Å². The number of hydrogen-bond donors (Lipinski definition) is 2. The molecule has 1 atom stereocenters. The van der Waals surface area contributed by atoms with Gasteiger partial charge in [-0.05, 0) is 12.1 Å². The van der Waals surface area contributed by atoms with E-state index >= 15 is 4.39 Å². The fraction of sp³-hybridized carbons (Fsp3) is 0.533. The normalized spacial score (nSPS) is 28.7. The lowest BCUT2D eigenvalue weighted by atomic mass is 9.89. The minimum Gasteiger partial charge on any atom is -0.616 e. The molecule has 2 aliphatic rings. The predicted molar refractivity (Wildman–Crippen MR) is 91.2 cm³/mol. The van der Waals surface area contributed by atoms with E-state index in [9.17, 15) is 18.1 Å². The van der Waals surface area contributed by atoms with E-state index < -0.39 is 54.8 Å². The van der Waals surface area contributed by atoms with Gasteiger partial charge in [0.1, 0.15) is 29.2 Å². The maximum atomic E-state index is 15.0. The second-order valence-electron chi connectivity index (χ2n) is 6.26. The van der Waals surface area contributed by atoms with Gasteiger partial charge in [0.25, 0.3) is 0 Å². The number of hydrogen-bond acceptors (Lipinski definition) is 6. The number of alkyl halides is 1. The minimum absolute atomic E-state index is 0.0233. The lowest BCUT2D eigenvalue weighted by molar-refractivity contribution is 0.0987. The van der Waals surface area contributed by atoms with Crippen LogP contribution in [0.2, 0.25) is 0 Å². The first kappa shape index (κ1) is 20.6. The number of amides is 1. The summed E-state index contributed by atoms with van der Waals surface area (Å²) in [4.78, 5) is 30.3. The Balaban J connectivity index is 1.80. The number of carbonyl (C=O) groups is 1. The van der Waals surface area contributed by atoms with Crippen molar-refractivity contribution >= 4 is 31.6 Å². The van der Waals surface area contributed by atoms with Crippen LogP contribution < -0.4 is 4.90 Å². The van der Waals surface area contributed by atoms with Crippen LogP contribution in [-0.4, -0.2) is 51.2 Å². The van der Waals surface area contributed by atoms with Gasteiger partial charge in [-0.3, -0.25) is 4.90 Å². The average Bonchev–Trinajstić information content (AvgIpc) is 2.96. The number of benzene rings is 1. The summed E-state index contributed by atoms with van der Waals surface area (Å²) < 4.78 is 65.0. The van der Waals surface area contributed by atoms with Gasteiger partial charge < -0.3 is 23.6 Å². The number of rotatable bonds is 5.